The lowest BCUT2D eigenvalue weighted by molar-refractivity contribution is -0.144. The molecule has 2 rings (SSSR count). The monoisotopic (exact) mass is 236 g/mol. The van der Waals surface area contributed by atoms with Crippen molar-refractivity contribution in [1.82, 2.24) is 0 Å². The zero-order valence-corrected chi connectivity index (χ0v) is 9.16. The number of carbonyl (C=O) groups is 2. The zero-order chi connectivity index (χ0) is 12.6. The molecule has 0 radical (unpaired) electrons. The largest absolute Gasteiger partial charge is 0.497 e. The van der Waals surface area contributed by atoms with E-state index in [4.69, 9.17) is 14.9 Å². The Kier molecular flexibility index (Phi) is 2.75. The van der Waals surface area contributed by atoms with Crippen molar-refractivity contribution in [2.24, 2.45) is 11.8 Å². The van der Waals surface area contributed by atoms with Gasteiger partial charge in [-0.3, -0.25) is 9.59 Å². The highest BCUT2D eigenvalue weighted by atomic mass is 16.5. The molecule has 0 aliphatic heterocycles. The maximum absolute atomic E-state index is 10.9. The van der Waals surface area contributed by atoms with Gasteiger partial charge in [-0.05, 0) is 17.7 Å². The Morgan fingerprint density at radius 3 is 1.88 bits per heavy atom. The molecule has 0 bridgehead atoms. The number of carboxylic acids is 2. The molecule has 1 aliphatic carbocycles. The molecule has 1 aromatic carbocycles. The second-order valence-corrected chi connectivity index (χ2v) is 4.03. The van der Waals surface area contributed by atoms with Gasteiger partial charge < -0.3 is 14.9 Å². The van der Waals surface area contributed by atoms with Crippen LogP contribution in [-0.2, 0) is 9.59 Å². The molecule has 5 heteroatoms. The summed E-state index contributed by atoms with van der Waals surface area (Å²) in [6, 6.07) is 6.82. The predicted molar refractivity (Wildman–Crippen MR) is 58.0 cm³/mol. The van der Waals surface area contributed by atoms with Gasteiger partial charge in [0, 0.05) is 5.92 Å². The van der Waals surface area contributed by atoms with Crippen LogP contribution in [0.25, 0.3) is 0 Å². The van der Waals surface area contributed by atoms with Crippen LogP contribution in [0.1, 0.15) is 11.5 Å². The van der Waals surface area contributed by atoms with Crippen molar-refractivity contribution in [3.05, 3.63) is 29.8 Å². The summed E-state index contributed by atoms with van der Waals surface area (Å²) >= 11 is 0. The van der Waals surface area contributed by atoms with E-state index in [-0.39, 0.29) is 0 Å². The fourth-order valence-corrected chi connectivity index (χ4v) is 2.17. The number of hydrogen-bond acceptors (Lipinski definition) is 3. The van der Waals surface area contributed by atoms with Gasteiger partial charge >= 0.3 is 11.9 Å². The summed E-state index contributed by atoms with van der Waals surface area (Å²) in [4.78, 5) is 21.8. The van der Waals surface area contributed by atoms with Crippen molar-refractivity contribution in [1.29, 1.82) is 0 Å². The van der Waals surface area contributed by atoms with Crippen molar-refractivity contribution in [2.75, 3.05) is 7.11 Å². The number of methoxy groups -OCH3 is 1. The Bertz CT molecular complexity index is 430. The fourth-order valence-electron chi connectivity index (χ4n) is 2.17. The molecule has 17 heavy (non-hydrogen) atoms. The Balaban J connectivity index is 2.22. The minimum Gasteiger partial charge on any atom is -0.497 e. The first kappa shape index (κ1) is 11.4. The van der Waals surface area contributed by atoms with Gasteiger partial charge in [0.05, 0.1) is 18.9 Å². The molecule has 1 saturated carbocycles. The molecule has 0 heterocycles. The summed E-state index contributed by atoms with van der Waals surface area (Å²) in [5.74, 6) is -3.53. The van der Waals surface area contributed by atoms with Crippen LogP contribution >= 0.6 is 0 Å². The molecule has 1 aliphatic rings. The van der Waals surface area contributed by atoms with E-state index < -0.39 is 29.7 Å². The highest BCUT2D eigenvalue weighted by molar-refractivity contribution is 5.88. The van der Waals surface area contributed by atoms with Crippen molar-refractivity contribution in [2.45, 2.75) is 5.92 Å². The Morgan fingerprint density at radius 1 is 1.06 bits per heavy atom. The molecule has 0 aromatic heterocycles. The lowest BCUT2D eigenvalue weighted by Crippen LogP contribution is -2.05. The smallest absolute Gasteiger partial charge is 0.308 e. The van der Waals surface area contributed by atoms with Gasteiger partial charge in [0.1, 0.15) is 5.75 Å². The van der Waals surface area contributed by atoms with Gasteiger partial charge in [-0.25, -0.2) is 0 Å². The van der Waals surface area contributed by atoms with Crippen molar-refractivity contribution in [3.8, 4) is 5.75 Å². The lowest BCUT2D eigenvalue weighted by Gasteiger charge is -2.01. The first-order valence-electron chi connectivity index (χ1n) is 5.16. The van der Waals surface area contributed by atoms with Crippen LogP contribution in [0, 0.1) is 11.8 Å². The van der Waals surface area contributed by atoms with Gasteiger partial charge in [-0.15, -0.1) is 0 Å². The highest BCUT2D eigenvalue weighted by Gasteiger charge is 2.60. The number of rotatable bonds is 4. The predicted octanol–water partition coefficient (Wildman–Crippen LogP) is 1.19. The molecule has 1 fully saturated rings. The van der Waals surface area contributed by atoms with E-state index in [1.54, 1.807) is 24.3 Å². The average Bonchev–Trinajstić information content (AvgIpc) is 3.04. The van der Waals surface area contributed by atoms with Crippen LogP contribution in [0.3, 0.4) is 0 Å². The second kappa shape index (κ2) is 4.08. The average molecular weight is 236 g/mol. The van der Waals surface area contributed by atoms with E-state index >= 15 is 0 Å². The van der Waals surface area contributed by atoms with Crippen LogP contribution in [0.15, 0.2) is 24.3 Å². The van der Waals surface area contributed by atoms with Crippen LogP contribution < -0.4 is 4.74 Å². The molecule has 90 valence electrons. The number of carboxylic acid groups (broad SMARTS) is 2. The van der Waals surface area contributed by atoms with Gasteiger partial charge in [-0.2, -0.15) is 0 Å². The topological polar surface area (TPSA) is 83.8 Å². The maximum atomic E-state index is 10.9. The van der Waals surface area contributed by atoms with Crippen LogP contribution in [0.4, 0.5) is 0 Å². The van der Waals surface area contributed by atoms with Crippen molar-refractivity contribution >= 4 is 11.9 Å². The number of hydrogen-bond donors (Lipinski definition) is 2. The molecule has 0 spiro atoms. The maximum Gasteiger partial charge on any atom is 0.308 e. The van der Waals surface area contributed by atoms with Gasteiger partial charge in [-0.1, -0.05) is 12.1 Å². The van der Waals surface area contributed by atoms with E-state index in [0.717, 1.165) is 5.56 Å². The number of benzene rings is 1. The van der Waals surface area contributed by atoms with Crippen LogP contribution in [0.5, 0.6) is 5.75 Å². The zero-order valence-electron chi connectivity index (χ0n) is 9.16. The summed E-state index contributed by atoms with van der Waals surface area (Å²) in [5.41, 5.74) is 0.727. The third-order valence-corrected chi connectivity index (χ3v) is 3.09. The summed E-state index contributed by atoms with van der Waals surface area (Å²) in [6.45, 7) is 0. The normalized spacial score (nSPS) is 26.3. The summed E-state index contributed by atoms with van der Waals surface area (Å²) in [5, 5.41) is 17.8. The van der Waals surface area contributed by atoms with Gasteiger partial charge in [0.15, 0.2) is 0 Å². The minimum absolute atomic E-state index is 0.434. The summed E-state index contributed by atoms with van der Waals surface area (Å²) in [6.07, 6.45) is 0. The van der Waals surface area contributed by atoms with E-state index in [1.165, 1.54) is 7.11 Å². The standard InChI is InChI=1S/C12H12O5/c1-17-7-4-2-6(3-5-7)8-9(11(13)14)10(8)12(15)16/h2-5,8-10H,1H3,(H,13,14)(H,15,16)/t8?,9-,10+. The molecule has 5 nitrogen and oxygen atoms in total. The van der Waals surface area contributed by atoms with Crippen molar-refractivity contribution < 1.29 is 24.5 Å². The van der Waals surface area contributed by atoms with E-state index in [0.29, 0.717) is 5.75 Å². The van der Waals surface area contributed by atoms with E-state index in [1.807, 2.05) is 0 Å². The molecule has 1 unspecified atom stereocenters. The number of ether oxygens (including phenoxy) is 1. The molecule has 0 saturated heterocycles. The van der Waals surface area contributed by atoms with E-state index in [2.05, 4.69) is 0 Å². The van der Waals surface area contributed by atoms with E-state index in [9.17, 15) is 9.59 Å². The number of aliphatic carboxylic acids is 2. The Labute approximate surface area is 97.6 Å². The second-order valence-electron chi connectivity index (χ2n) is 4.03. The van der Waals surface area contributed by atoms with Crippen molar-refractivity contribution in [3.63, 3.8) is 0 Å². The summed E-state index contributed by atoms with van der Waals surface area (Å²) < 4.78 is 4.99. The molecular formula is C12H12O5. The van der Waals surface area contributed by atoms with Gasteiger partial charge in [0.2, 0.25) is 0 Å². The third-order valence-electron chi connectivity index (χ3n) is 3.09. The minimum atomic E-state index is -1.06. The highest BCUT2D eigenvalue weighted by Crippen LogP contribution is 2.54. The molecule has 2 N–H and O–H groups in total. The molecule has 3 atom stereocenters. The molecular weight excluding hydrogens is 224 g/mol. The molecule has 0 amide bonds. The Morgan fingerprint density at radius 2 is 1.53 bits per heavy atom. The van der Waals surface area contributed by atoms with Crippen LogP contribution in [-0.4, -0.2) is 29.3 Å². The molecule has 1 aromatic rings. The first-order valence-corrected chi connectivity index (χ1v) is 5.16. The summed E-state index contributed by atoms with van der Waals surface area (Å²) in [7, 11) is 1.53. The van der Waals surface area contributed by atoms with Crippen LogP contribution in [0.2, 0.25) is 0 Å². The first-order chi connectivity index (χ1) is 8.06. The Hall–Kier alpha value is -2.04. The quantitative estimate of drug-likeness (QED) is 0.820. The van der Waals surface area contributed by atoms with Gasteiger partial charge in [0.25, 0.3) is 0 Å². The SMILES string of the molecule is COc1ccc(C2[C@@H](C(=O)O)[C@H]2C(=O)O)cc1. The third kappa shape index (κ3) is 1.95. The fraction of sp³-hybridized carbons (Fsp3) is 0.333. The lowest BCUT2D eigenvalue weighted by atomic mass is 10.1.